The van der Waals surface area contributed by atoms with Crippen molar-refractivity contribution in [1.82, 2.24) is 19.7 Å². The molecule has 2 aliphatic heterocycles. The van der Waals surface area contributed by atoms with E-state index in [2.05, 4.69) is 21.3 Å². The Morgan fingerprint density at radius 1 is 1.00 bits per heavy atom. The third-order valence-electron chi connectivity index (χ3n) is 4.64. The smallest absolute Gasteiger partial charge is 0.154 e. The fourth-order valence-electron chi connectivity index (χ4n) is 3.27. The summed E-state index contributed by atoms with van der Waals surface area (Å²) in [6, 6.07) is 0.814. The van der Waals surface area contributed by atoms with Crippen molar-refractivity contribution in [2.45, 2.75) is 50.6 Å². The summed E-state index contributed by atoms with van der Waals surface area (Å²) in [5, 5.41) is 4.73. The van der Waals surface area contributed by atoms with Crippen LogP contribution in [0.1, 0.15) is 43.3 Å². The van der Waals surface area contributed by atoms with Gasteiger partial charge in [-0.05, 0) is 37.2 Å². The lowest BCUT2D eigenvalue weighted by molar-refractivity contribution is 0.188. The van der Waals surface area contributed by atoms with E-state index < -0.39 is 0 Å². The van der Waals surface area contributed by atoms with Crippen molar-refractivity contribution in [2.24, 2.45) is 0 Å². The molecule has 4 nitrogen and oxygen atoms in total. The molecule has 0 atom stereocenters. The van der Waals surface area contributed by atoms with Gasteiger partial charge in [0.1, 0.15) is 5.82 Å². The van der Waals surface area contributed by atoms with Gasteiger partial charge in [0.2, 0.25) is 0 Å². The minimum absolute atomic E-state index is 0.686. The summed E-state index contributed by atoms with van der Waals surface area (Å²) in [4.78, 5) is 7.46. The van der Waals surface area contributed by atoms with Crippen LogP contribution in [0.25, 0.3) is 0 Å². The van der Waals surface area contributed by atoms with E-state index >= 15 is 0 Å². The Labute approximate surface area is 119 Å². The van der Waals surface area contributed by atoms with Crippen molar-refractivity contribution in [3.05, 3.63) is 11.6 Å². The molecule has 0 radical (unpaired) electrons. The highest BCUT2D eigenvalue weighted by Crippen LogP contribution is 2.38. The molecule has 1 saturated carbocycles. The number of hydrogen-bond acceptors (Lipinski definition) is 4. The van der Waals surface area contributed by atoms with Crippen LogP contribution < -0.4 is 0 Å². The van der Waals surface area contributed by atoms with Gasteiger partial charge in [-0.25, -0.2) is 9.67 Å². The van der Waals surface area contributed by atoms with Gasteiger partial charge >= 0.3 is 0 Å². The Hall–Kier alpha value is -0.550. The van der Waals surface area contributed by atoms with Crippen molar-refractivity contribution >= 4 is 11.8 Å². The Bertz CT molecular complexity index is 423. The molecule has 5 heteroatoms. The number of hydrogen-bond donors (Lipinski definition) is 0. The quantitative estimate of drug-likeness (QED) is 0.827. The van der Waals surface area contributed by atoms with E-state index in [4.69, 9.17) is 10.1 Å². The summed E-state index contributed by atoms with van der Waals surface area (Å²) in [6.07, 6.45) is 6.43. The minimum Gasteiger partial charge on any atom is -0.298 e. The number of thioether (sulfide) groups is 1. The van der Waals surface area contributed by atoms with E-state index in [0.717, 1.165) is 31.4 Å². The lowest BCUT2D eigenvalue weighted by Gasteiger charge is -2.32. The molecule has 1 aromatic heterocycles. The number of aromatic nitrogens is 3. The maximum Gasteiger partial charge on any atom is 0.154 e. The van der Waals surface area contributed by atoms with Gasteiger partial charge in [0, 0.05) is 31.5 Å². The summed E-state index contributed by atoms with van der Waals surface area (Å²) in [7, 11) is 0. The maximum absolute atomic E-state index is 4.77. The first-order chi connectivity index (χ1) is 9.40. The molecule has 1 aliphatic carbocycles. The first-order valence-corrected chi connectivity index (χ1v) is 8.81. The maximum atomic E-state index is 4.77. The summed E-state index contributed by atoms with van der Waals surface area (Å²) in [5.74, 6) is 5.73. The second-order valence-electron chi connectivity index (χ2n) is 6.01. The van der Waals surface area contributed by atoms with Crippen molar-refractivity contribution in [2.75, 3.05) is 24.6 Å². The van der Waals surface area contributed by atoms with Crippen molar-refractivity contribution < 1.29 is 0 Å². The molecule has 4 rings (SSSR count). The molecule has 19 heavy (non-hydrogen) atoms. The highest BCUT2D eigenvalue weighted by molar-refractivity contribution is 7.99. The molecule has 3 heterocycles. The van der Waals surface area contributed by atoms with Crippen LogP contribution in [0.3, 0.4) is 0 Å². The fraction of sp³-hybridized carbons (Fsp3) is 0.857. The second kappa shape index (κ2) is 5.09. The zero-order chi connectivity index (χ0) is 12.7. The van der Waals surface area contributed by atoms with Gasteiger partial charge in [-0.1, -0.05) is 0 Å². The highest BCUT2D eigenvalue weighted by Gasteiger charge is 2.30. The molecule has 2 fully saturated rings. The lowest BCUT2D eigenvalue weighted by atomic mass is 10.1. The summed E-state index contributed by atoms with van der Waals surface area (Å²) < 4.78 is 2.19. The standard InChI is InChI=1S/C14H22N4S/c1-2-11(1)14-15-13-3-6-17(7-8-18(13)16-14)12-4-9-19-10-5-12/h11-12H,1-10H2. The summed E-state index contributed by atoms with van der Waals surface area (Å²) in [6.45, 7) is 3.38. The Morgan fingerprint density at radius 2 is 1.84 bits per heavy atom. The van der Waals surface area contributed by atoms with Crippen LogP contribution in [-0.4, -0.2) is 50.3 Å². The topological polar surface area (TPSA) is 34.0 Å². The predicted molar refractivity (Wildman–Crippen MR) is 77.6 cm³/mol. The molecular weight excluding hydrogens is 256 g/mol. The molecular formula is C14H22N4S. The first-order valence-electron chi connectivity index (χ1n) is 7.65. The van der Waals surface area contributed by atoms with Crippen LogP contribution in [0, 0.1) is 0 Å². The van der Waals surface area contributed by atoms with E-state index in [1.54, 1.807) is 0 Å². The van der Waals surface area contributed by atoms with Crippen molar-refractivity contribution in [3.63, 3.8) is 0 Å². The van der Waals surface area contributed by atoms with E-state index in [1.165, 1.54) is 49.6 Å². The Balaban J connectivity index is 1.44. The first kappa shape index (κ1) is 12.2. The van der Waals surface area contributed by atoms with Gasteiger partial charge in [-0.3, -0.25) is 4.90 Å². The molecule has 0 bridgehead atoms. The fourth-order valence-corrected chi connectivity index (χ4v) is 4.35. The number of rotatable bonds is 2. The largest absolute Gasteiger partial charge is 0.298 e. The van der Waals surface area contributed by atoms with Crippen LogP contribution in [0.15, 0.2) is 0 Å². The van der Waals surface area contributed by atoms with Crippen LogP contribution in [0.4, 0.5) is 0 Å². The van der Waals surface area contributed by atoms with E-state index in [-0.39, 0.29) is 0 Å². The zero-order valence-electron chi connectivity index (χ0n) is 11.4. The monoisotopic (exact) mass is 278 g/mol. The molecule has 3 aliphatic rings. The van der Waals surface area contributed by atoms with E-state index in [9.17, 15) is 0 Å². The lowest BCUT2D eigenvalue weighted by Crippen LogP contribution is -2.39. The average molecular weight is 278 g/mol. The van der Waals surface area contributed by atoms with Crippen molar-refractivity contribution in [1.29, 1.82) is 0 Å². The molecule has 104 valence electrons. The van der Waals surface area contributed by atoms with Crippen LogP contribution >= 0.6 is 11.8 Å². The third kappa shape index (κ3) is 2.55. The number of nitrogens with zero attached hydrogens (tertiary/aromatic N) is 4. The van der Waals surface area contributed by atoms with E-state index in [0.29, 0.717) is 5.92 Å². The average Bonchev–Trinajstić information content (AvgIpc) is 3.25. The van der Waals surface area contributed by atoms with Crippen LogP contribution in [-0.2, 0) is 13.0 Å². The van der Waals surface area contributed by atoms with Gasteiger partial charge in [0.05, 0.1) is 6.54 Å². The molecule has 0 aromatic carbocycles. The molecule has 1 aromatic rings. The van der Waals surface area contributed by atoms with Crippen LogP contribution in [0.5, 0.6) is 0 Å². The Kier molecular flexibility index (Phi) is 3.27. The second-order valence-corrected chi connectivity index (χ2v) is 7.24. The Morgan fingerprint density at radius 3 is 2.63 bits per heavy atom. The third-order valence-corrected chi connectivity index (χ3v) is 5.68. The number of fused-ring (bicyclic) bond motifs is 1. The molecule has 0 amide bonds. The summed E-state index contributed by atoms with van der Waals surface area (Å²) in [5.41, 5.74) is 0. The van der Waals surface area contributed by atoms with Gasteiger partial charge < -0.3 is 0 Å². The van der Waals surface area contributed by atoms with E-state index in [1.807, 2.05) is 0 Å². The minimum atomic E-state index is 0.686. The zero-order valence-corrected chi connectivity index (χ0v) is 12.2. The van der Waals surface area contributed by atoms with Gasteiger partial charge in [0.15, 0.2) is 5.82 Å². The van der Waals surface area contributed by atoms with Gasteiger partial charge in [-0.15, -0.1) is 0 Å². The normalized spacial score (nSPS) is 26.1. The molecule has 0 unspecified atom stereocenters. The van der Waals surface area contributed by atoms with Crippen molar-refractivity contribution in [3.8, 4) is 0 Å². The summed E-state index contributed by atoms with van der Waals surface area (Å²) >= 11 is 2.11. The van der Waals surface area contributed by atoms with Crippen LogP contribution in [0.2, 0.25) is 0 Å². The molecule has 0 N–H and O–H groups in total. The van der Waals surface area contributed by atoms with Gasteiger partial charge in [0.25, 0.3) is 0 Å². The highest BCUT2D eigenvalue weighted by atomic mass is 32.2. The van der Waals surface area contributed by atoms with Gasteiger partial charge in [-0.2, -0.15) is 16.9 Å². The predicted octanol–water partition coefficient (Wildman–Crippen LogP) is 1.91. The SMILES string of the molecule is C1CC(N2CCc3nc(C4CC4)nn3CC2)CCS1. The molecule has 1 saturated heterocycles. The molecule has 0 spiro atoms.